The molecule has 0 unspecified atom stereocenters. The highest BCUT2D eigenvalue weighted by molar-refractivity contribution is 5.84. The monoisotopic (exact) mass is 407 g/mol. The third kappa shape index (κ3) is 3.98. The van der Waals surface area contributed by atoms with Gasteiger partial charge in [-0.1, -0.05) is 19.1 Å². The maximum atomic E-state index is 11.9. The lowest BCUT2D eigenvalue weighted by atomic mass is 10.1. The largest absolute Gasteiger partial charge is 0.369 e. The van der Waals surface area contributed by atoms with E-state index in [1.54, 1.807) is 0 Å². The minimum Gasteiger partial charge on any atom is -0.369 e. The number of nitrogens with zero attached hydrogens (tertiary/aromatic N) is 6. The van der Waals surface area contributed by atoms with Crippen LogP contribution in [-0.4, -0.2) is 65.9 Å². The molecule has 158 valence electrons. The van der Waals surface area contributed by atoms with Crippen LogP contribution in [0.3, 0.4) is 0 Å². The molecule has 30 heavy (non-hydrogen) atoms. The molecule has 0 saturated carbocycles. The number of aryl methyl sites for hydroxylation is 1. The SMILES string of the molecule is C[C@H]1C[C@@H](C(N)=O)N(c2cc(-c3ccc(N4CCN(CC#N)CC4)cc3)nn2C)C1. The summed E-state index contributed by atoms with van der Waals surface area (Å²) >= 11 is 0. The molecule has 1 amide bonds. The van der Waals surface area contributed by atoms with Crippen molar-refractivity contribution in [3.63, 3.8) is 0 Å². The lowest BCUT2D eigenvalue weighted by molar-refractivity contribution is -0.119. The molecule has 2 fully saturated rings. The van der Waals surface area contributed by atoms with Gasteiger partial charge in [0.05, 0.1) is 18.3 Å². The van der Waals surface area contributed by atoms with Crippen LogP contribution in [0.4, 0.5) is 11.5 Å². The van der Waals surface area contributed by atoms with E-state index < -0.39 is 0 Å². The minimum absolute atomic E-state index is 0.273. The number of amides is 1. The second kappa shape index (κ2) is 8.36. The molecule has 2 atom stereocenters. The van der Waals surface area contributed by atoms with E-state index >= 15 is 0 Å². The van der Waals surface area contributed by atoms with Crippen molar-refractivity contribution in [2.45, 2.75) is 19.4 Å². The Morgan fingerprint density at radius 3 is 2.57 bits per heavy atom. The molecule has 2 N–H and O–H groups in total. The molecule has 1 aromatic heterocycles. The molecular weight excluding hydrogens is 378 g/mol. The summed E-state index contributed by atoms with van der Waals surface area (Å²) in [4.78, 5) is 18.5. The van der Waals surface area contributed by atoms with Gasteiger partial charge in [-0.25, -0.2) is 0 Å². The van der Waals surface area contributed by atoms with E-state index in [1.165, 1.54) is 5.69 Å². The molecule has 2 aliphatic heterocycles. The van der Waals surface area contributed by atoms with Crippen molar-refractivity contribution in [1.82, 2.24) is 14.7 Å². The topological polar surface area (TPSA) is 94.4 Å². The van der Waals surface area contributed by atoms with Crippen LogP contribution in [0, 0.1) is 17.2 Å². The minimum atomic E-state index is -0.277. The van der Waals surface area contributed by atoms with Crippen molar-refractivity contribution in [1.29, 1.82) is 5.26 Å². The molecule has 8 heteroatoms. The van der Waals surface area contributed by atoms with E-state index in [4.69, 9.17) is 11.0 Å². The van der Waals surface area contributed by atoms with Crippen molar-refractivity contribution in [2.75, 3.05) is 49.1 Å². The summed E-state index contributed by atoms with van der Waals surface area (Å²) in [6.07, 6.45) is 0.784. The maximum absolute atomic E-state index is 11.9. The number of piperazine rings is 1. The van der Waals surface area contributed by atoms with E-state index in [9.17, 15) is 4.79 Å². The summed E-state index contributed by atoms with van der Waals surface area (Å²) in [5.74, 6) is 1.07. The Kier molecular flexibility index (Phi) is 5.64. The Hall–Kier alpha value is -3.05. The molecule has 0 bridgehead atoms. The first-order valence-corrected chi connectivity index (χ1v) is 10.5. The predicted octanol–water partition coefficient (Wildman–Crippen LogP) is 1.43. The van der Waals surface area contributed by atoms with E-state index in [0.29, 0.717) is 12.5 Å². The molecule has 2 aliphatic rings. The van der Waals surface area contributed by atoms with Gasteiger partial charge in [0.1, 0.15) is 11.9 Å². The molecule has 4 rings (SSSR count). The number of rotatable bonds is 5. The van der Waals surface area contributed by atoms with E-state index in [-0.39, 0.29) is 11.9 Å². The van der Waals surface area contributed by atoms with Crippen LogP contribution in [-0.2, 0) is 11.8 Å². The Morgan fingerprint density at radius 1 is 1.23 bits per heavy atom. The zero-order valence-corrected chi connectivity index (χ0v) is 17.7. The molecule has 2 aromatic rings. The van der Waals surface area contributed by atoms with Crippen LogP contribution in [0.5, 0.6) is 0 Å². The Bertz CT molecular complexity index is 937. The number of anilines is 2. The number of benzene rings is 1. The van der Waals surface area contributed by atoms with Gasteiger partial charge in [0, 0.05) is 57.1 Å². The van der Waals surface area contributed by atoms with Crippen LogP contribution < -0.4 is 15.5 Å². The molecule has 3 heterocycles. The van der Waals surface area contributed by atoms with Crippen molar-refractivity contribution < 1.29 is 4.79 Å². The van der Waals surface area contributed by atoms with Gasteiger partial charge in [0.25, 0.3) is 0 Å². The number of nitrogens with two attached hydrogens (primary N) is 1. The highest BCUT2D eigenvalue weighted by atomic mass is 16.1. The van der Waals surface area contributed by atoms with Gasteiger partial charge in [-0.2, -0.15) is 10.4 Å². The normalized spacial score (nSPS) is 22.3. The second-order valence-corrected chi connectivity index (χ2v) is 8.39. The Balaban J connectivity index is 1.49. The zero-order valence-electron chi connectivity index (χ0n) is 17.7. The van der Waals surface area contributed by atoms with Gasteiger partial charge in [0.2, 0.25) is 5.91 Å². The standard InChI is InChI=1S/C22H29N7O/c1-16-13-20(22(24)30)29(15-16)21-14-19(25-26(21)2)17-3-5-18(6-4-17)28-11-9-27(8-7-23)10-12-28/h3-6,14,16,20H,8-13,15H2,1-2H3,(H2,24,30)/t16-,20-/m0/s1. The molecule has 0 spiro atoms. The highest BCUT2D eigenvalue weighted by Crippen LogP contribution is 2.32. The molecule has 2 saturated heterocycles. The summed E-state index contributed by atoms with van der Waals surface area (Å²) in [5, 5.41) is 13.5. The Morgan fingerprint density at radius 2 is 1.93 bits per heavy atom. The van der Waals surface area contributed by atoms with Crippen LogP contribution >= 0.6 is 0 Å². The number of nitriles is 1. The smallest absolute Gasteiger partial charge is 0.240 e. The van der Waals surface area contributed by atoms with Gasteiger partial charge in [-0.15, -0.1) is 0 Å². The fourth-order valence-electron chi connectivity index (χ4n) is 4.54. The number of hydrogen-bond acceptors (Lipinski definition) is 6. The zero-order chi connectivity index (χ0) is 21.3. The maximum Gasteiger partial charge on any atom is 0.240 e. The average Bonchev–Trinajstić information content (AvgIpc) is 3.31. The molecule has 0 aliphatic carbocycles. The van der Waals surface area contributed by atoms with E-state index in [0.717, 1.165) is 56.2 Å². The number of carbonyl (C=O) groups excluding carboxylic acids is 1. The van der Waals surface area contributed by atoms with E-state index in [2.05, 4.69) is 57.1 Å². The van der Waals surface area contributed by atoms with Crippen LogP contribution in [0.2, 0.25) is 0 Å². The van der Waals surface area contributed by atoms with Crippen molar-refractivity contribution in [3.8, 4) is 17.3 Å². The van der Waals surface area contributed by atoms with E-state index in [1.807, 2.05) is 17.8 Å². The Labute approximate surface area is 177 Å². The van der Waals surface area contributed by atoms with Gasteiger partial charge in [-0.05, 0) is 24.5 Å². The average molecular weight is 408 g/mol. The number of primary amides is 1. The summed E-state index contributed by atoms with van der Waals surface area (Å²) < 4.78 is 1.84. The predicted molar refractivity (Wildman–Crippen MR) is 117 cm³/mol. The first-order chi connectivity index (χ1) is 14.5. The summed E-state index contributed by atoms with van der Waals surface area (Å²) in [6.45, 7) is 7.13. The first kappa shape index (κ1) is 20.2. The number of aromatic nitrogens is 2. The fraction of sp³-hybridized carbons (Fsp3) is 0.500. The molecule has 1 aromatic carbocycles. The fourth-order valence-corrected chi connectivity index (χ4v) is 4.54. The summed E-state index contributed by atoms with van der Waals surface area (Å²) in [7, 11) is 1.91. The lowest BCUT2D eigenvalue weighted by Gasteiger charge is -2.34. The number of carbonyl (C=O) groups is 1. The molecule has 8 nitrogen and oxygen atoms in total. The van der Waals surface area contributed by atoms with Gasteiger partial charge >= 0.3 is 0 Å². The first-order valence-electron chi connectivity index (χ1n) is 10.5. The van der Waals surface area contributed by atoms with Gasteiger partial charge in [0.15, 0.2) is 0 Å². The van der Waals surface area contributed by atoms with Crippen LogP contribution in [0.15, 0.2) is 30.3 Å². The molecular formula is C22H29N7O. The van der Waals surface area contributed by atoms with Crippen LogP contribution in [0.25, 0.3) is 11.3 Å². The van der Waals surface area contributed by atoms with Gasteiger partial charge < -0.3 is 15.5 Å². The van der Waals surface area contributed by atoms with Crippen molar-refractivity contribution in [3.05, 3.63) is 30.3 Å². The quantitative estimate of drug-likeness (QED) is 0.754. The summed E-state index contributed by atoms with van der Waals surface area (Å²) in [6, 6.07) is 12.5. The second-order valence-electron chi connectivity index (χ2n) is 8.39. The molecule has 0 radical (unpaired) electrons. The third-order valence-corrected chi connectivity index (χ3v) is 6.18. The van der Waals surface area contributed by atoms with Crippen molar-refractivity contribution >= 4 is 17.4 Å². The summed E-state index contributed by atoms with van der Waals surface area (Å²) in [5.41, 5.74) is 8.76. The third-order valence-electron chi connectivity index (χ3n) is 6.18. The van der Waals surface area contributed by atoms with Crippen LogP contribution in [0.1, 0.15) is 13.3 Å². The lowest BCUT2D eigenvalue weighted by Crippen LogP contribution is -2.46. The van der Waals surface area contributed by atoms with Gasteiger partial charge in [-0.3, -0.25) is 14.4 Å². The highest BCUT2D eigenvalue weighted by Gasteiger charge is 2.35. The number of hydrogen-bond donors (Lipinski definition) is 1. The van der Waals surface area contributed by atoms with Crippen molar-refractivity contribution in [2.24, 2.45) is 18.7 Å².